The second kappa shape index (κ2) is 6.83. The lowest BCUT2D eigenvalue weighted by Crippen LogP contribution is -2.25. The van der Waals surface area contributed by atoms with Crippen LogP contribution in [0.4, 0.5) is 0 Å². The smallest absolute Gasteiger partial charge is 0.270 e. The molecule has 0 aliphatic carbocycles. The van der Waals surface area contributed by atoms with E-state index in [-0.39, 0.29) is 5.91 Å². The van der Waals surface area contributed by atoms with E-state index in [0.29, 0.717) is 12.2 Å². The number of carbonyl (C=O) groups is 1. The van der Waals surface area contributed by atoms with E-state index >= 15 is 0 Å². The number of halogens is 1. The van der Waals surface area contributed by atoms with Crippen LogP contribution in [0.25, 0.3) is 9.88 Å². The Hall–Kier alpha value is -1.02. The van der Waals surface area contributed by atoms with E-state index in [1.807, 2.05) is 29.0 Å². The minimum Gasteiger partial charge on any atom is -0.350 e. The van der Waals surface area contributed by atoms with E-state index in [2.05, 4.69) is 32.3 Å². The zero-order chi connectivity index (χ0) is 14.7. The summed E-state index contributed by atoms with van der Waals surface area (Å²) in [6, 6.07) is 8.09. The third-order valence-corrected chi connectivity index (χ3v) is 6.32. The number of carbonyl (C=O) groups excluding carboxylic acids is 1. The zero-order valence-electron chi connectivity index (χ0n) is 10.8. The van der Waals surface area contributed by atoms with Crippen molar-refractivity contribution in [1.29, 1.82) is 0 Å². The van der Waals surface area contributed by atoms with Crippen molar-refractivity contribution in [2.75, 3.05) is 6.54 Å². The van der Waals surface area contributed by atoms with Crippen LogP contribution < -0.4 is 5.32 Å². The van der Waals surface area contributed by atoms with Gasteiger partial charge in [-0.2, -0.15) is 0 Å². The minimum absolute atomic E-state index is 0.107. The van der Waals surface area contributed by atoms with E-state index in [9.17, 15) is 4.79 Å². The van der Waals surface area contributed by atoms with E-state index in [1.54, 1.807) is 22.7 Å². The van der Waals surface area contributed by atoms with Crippen LogP contribution in [0.15, 0.2) is 38.8 Å². The highest BCUT2D eigenvalue weighted by Gasteiger charge is 2.12. The monoisotopic (exact) mass is 398 g/mol. The van der Waals surface area contributed by atoms with Gasteiger partial charge in [0, 0.05) is 16.8 Å². The van der Waals surface area contributed by atoms with Crippen LogP contribution >= 0.6 is 49.9 Å². The molecule has 3 nitrogen and oxygen atoms in total. The maximum absolute atomic E-state index is 12.1. The van der Waals surface area contributed by atoms with Gasteiger partial charge in [-0.15, -0.1) is 34.0 Å². The Bertz CT molecular complexity index is 733. The maximum Gasteiger partial charge on any atom is 0.270 e. The van der Waals surface area contributed by atoms with Gasteiger partial charge in [-0.3, -0.25) is 4.79 Å². The van der Waals surface area contributed by atoms with E-state index < -0.39 is 0 Å². The van der Waals surface area contributed by atoms with Gasteiger partial charge in [0.2, 0.25) is 0 Å². The summed E-state index contributed by atoms with van der Waals surface area (Å²) < 4.78 is 1.11. The molecule has 0 radical (unpaired) electrons. The Labute approximate surface area is 142 Å². The van der Waals surface area contributed by atoms with Crippen molar-refractivity contribution in [2.24, 2.45) is 0 Å². The summed E-state index contributed by atoms with van der Waals surface area (Å²) in [6.45, 7) is 0.623. The van der Waals surface area contributed by atoms with Crippen molar-refractivity contribution >= 4 is 55.8 Å². The molecule has 0 saturated heterocycles. The Morgan fingerprint density at radius 3 is 2.90 bits per heavy atom. The van der Waals surface area contributed by atoms with Crippen molar-refractivity contribution in [1.82, 2.24) is 10.3 Å². The zero-order valence-corrected chi connectivity index (χ0v) is 14.9. The molecule has 0 aliphatic rings. The molecule has 108 valence electrons. The number of hydrogen-bond acceptors (Lipinski definition) is 5. The molecule has 0 spiro atoms. The minimum atomic E-state index is -0.107. The Morgan fingerprint density at radius 1 is 1.29 bits per heavy atom. The normalized spacial score (nSPS) is 10.7. The fourth-order valence-electron chi connectivity index (χ4n) is 1.77. The molecule has 3 heterocycles. The summed E-state index contributed by atoms with van der Waals surface area (Å²) in [4.78, 5) is 18.8. The lowest BCUT2D eigenvalue weighted by Gasteiger charge is -2.01. The molecule has 3 aromatic heterocycles. The predicted octanol–water partition coefficient (Wildman–Crippen LogP) is 4.67. The number of hydrogen-bond donors (Lipinski definition) is 1. The molecular weight excluding hydrogens is 388 g/mol. The molecule has 0 fully saturated rings. The van der Waals surface area contributed by atoms with Crippen LogP contribution in [0.5, 0.6) is 0 Å². The van der Waals surface area contributed by atoms with Crippen LogP contribution in [-0.2, 0) is 6.42 Å². The lowest BCUT2D eigenvalue weighted by molar-refractivity contribution is 0.0950. The summed E-state index contributed by atoms with van der Waals surface area (Å²) >= 11 is 8.26. The van der Waals surface area contributed by atoms with Crippen LogP contribution in [-0.4, -0.2) is 17.4 Å². The van der Waals surface area contributed by atoms with Gasteiger partial charge in [-0.05, 0) is 45.9 Å². The first-order chi connectivity index (χ1) is 10.2. The molecule has 1 N–H and O–H groups in total. The number of amides is 1. The first kappa shape index (κ1) is 14.9. The summed E-state index contributed by atoms with van der Waals surface area (Å²) in [6.07, 6.45) is 0.837. The average molecular weight is 399 g/mol. The van der Waals surface area contributed by atoms with Crippen LogP contribution in [0, 0.1) is 0 Å². The summed E-state index contributed by atoms with van der Waals surface area (Å²) in [5, 5.41) is 7.64. The number of nitrogens with one attached hydrogen (secondary N) is 1. The lowest BCUT2D eigenvalue weighted by atomic mass is 10.3. The molecule has 0 saturated carbocycles. The average Bonchev–Trinajstić information content (AvgIpc) is 3.19. The molecule has 0 aromatic carbocycles. The highest BCUT2D eigenvalue weighted by atomic mass is 79.9. The summed E-state index contributed by atoms with van der Waals surface area (Å²) in [5.74, 6) is -0.107. The first-order valence-electron chi connectivity index (χ1n) is 6.24. The van der Waals surface area contributed by atoms with Crippen LogP contribution in [0.3, 0.4) is 0 Å². The van der Waals surface area contributed by atoms with E-state index in [4.69, 9.17) is 0 Å². The van der Waals surface area contributed by atoms with Crippen LogP contribution in [0.2, 0.25) is 0 Å². The van der Waals surface area contributed by atoms with Gasteiger partial charge in [-0.25, -0.2) is 4.98 Å². The number of thiazole rings is 1. The van der Waals surface area contributed by atoms with Gasteiger partial charge in [0.1, 0.15) is 10.7 Å². The quantitative estimate of drug-likeness (QED) is 0.678. The van der Waals surface area contributed by atoms with Gasteiger partial charge >= 0.3 is 0 Å². The molecule has 0 aliphatic heterocycles. The number of nitrogens with zero attached hydrogens (tertiary/aromatic N) is 1. The SMILES string of the molecule is O=C(NCCc1ccc(Br)s1)c1csc(-c2cccs2)n1. The van der Waals surface area contributed by atoms with Gasteiger partial charge < -0.3 is 5.32 Å². The van der Waals surface area contributed by atoms with E-state index in [0.717, 1.165) is 20.1 Å². The molecular formula is C14H11BrN2OS3. The molecule has 21 heavy (non-hydrogen) atoms. The summed E-state index contributed by atoms with van der Waals surface area (Å²) in [5.41, 5.74) is 0.496. The molecule has 7 heteroatoms. The van der Waals surface area contributed by atoms with Crippen molar-refractivity contribution in [3.05, 3.63) is 49.4 Å². The Morgan fingerprint density at radius 2 is 2.19 bits per heavy atom. The second-order valence-corrected chi connectivity index (χ2v) is 8.58. The molecule has 0 bridgehead atoms. The fraction of sp³-hybridized carbons (Fsp3) is 0.143. The third kappa shape index (κ3) is 3.79. The standard InChI is InChI=1S/C14H11BrN2OS3/c15-12-4-3-9(21-12)5-6-16-13(18)10-8-20-14(17-10)11-2-1-7-19-11/h1-4,7-8H,5-6H2,(H,16,18). The topological polar surface area (TPSA) is 42.0 Å². The molecule has 3 aromatic rings. The maximum atomic E-state index is 12.1. The van der Waals surface area contributed by atoms with Gasteiger partial charge in [0.15, 0.2) is 0 Å². The fourth-order valence-corrected chi connectivity index (χ4v) is 4.86. The van der Waals surface area contributed by atoms with Crippen molar-refractivity contribution < 1.29 is 4.79 Å². The number of thiophene rings is 2. The van der Waals surface area contributed by atoms with Gasteiger partial charge in [0.05, 0.1) is 8.66 Å². The van der Waals surface area contributed by atoms with Crippen molar-refractivity contribution in [3.63, 3.8) is 0 Å². The number of aromatic nitrogens is 1. The Balaban J connectivity index is 1.56. The molecule has 1 amide bonds. The predicted molar refractivity (Wildman–Crippen MR) is 93.5 cm³/mol. The molecule has 0 unspecified atom stereocenters. The second-order valence-electron chi connectivity index (χ2n) is 4.23. The first-order valence-corrected chi connectivity index (χ1v) is 9.61. The molecule has 3 rings (SSSR count). The van der Waals surface area contributed by atoms with Crippen LogP contribution in [0.1, 0.15) is 15.4 Å². The highest BCUT2D eigenvalue weighted by Crippen LogP contribution is 2.27. The summed E-state index contributed by atoms with van der Waals surface area (Å²) in [7, 11) is 0. The highest BCUT2D eigenvalue weighted by molar-refractivity contribution is 9.11. The van der Waals surface area contributed by atoms with Crippen molar-refractivity contribution in [3.8, 4) is 9.88 Å². The van der Waals surface area contributed by atoms with Gasteiger partial charge in [0.25, 0.3) is 5.91 Å². The van der Waals surface area contributed by atoms with Crippen molar-refractivity contribution in [2.45, 2.75) is 6.42 Å². The van der Waals surface area contributed by atoms with E-state index in [1.165, 1.54) is 16.2 Å². The Kier molecular flexibility index (Phi) is 4.84. The van der Waals surface area contributed by atoms with Gasteiger partial charge in [-0.1, -0.05) is 6.07 Å². The molecule has 0 atom stereocenters. The largest absolute Gasteiger partial charge is 0.350 e. The third-order valence-electron chi connectivity index (χ3n) is 2.75. The number of rotatable bonds is 5.